The zero-order chi connectivity index (χ0) is 24.6. The van der Waals surface area contributed by atoms with Gasteiger partial charge in [0.1, 0.15) is 28.9 Å². The maximum absolute atomic E-state index is 6.28. The van der Waals surface area contributed by atoms with Gasteiger partial charge in [0.15, 0.2) is 11.7 Å². The number of nitrogens with one attached hydrogen (secondary N) is 1. The first-order valence-corrected chi connectivity index (χ1v) is 13.3. The van der Waals surface area contributed by atoms with E-state index in [9.17, 15) is 0 Å². The summed E-state index contributed by atoms with van der Waals surface area (Å²) in [7, 11) is 0. The number of thiophene rings is 1. The van der Waals surface area contributed by atoms with Crippen LogP contribution < -0.4 is 10.1 Å². The van der Waals surface area contributed by atoms with Crippen molar-refractivity contribution in [1.82, 2.24) is 25.1 Å². The standard InChI is InChI=1S/C27H30N6O2S/c1-16-17(2)36-27-24(16)25(20-5-4-6-21(13-20)35-15-19-7-9-28-10-8-19)30-22(14-23-29-11-12-34-23)26-32-31-18(3)33(26)27/h4-6,11-13,19,22,28H,7-10,14-15H2,1-3H3/t22-/m0/s1. The maximum Gasteiger partial charge on any atom is 0.196 e. The minimum absolute atomic E-state index is 0.279. The Kier molecular flexibility index (Phi) is 6.18. The molecule has 0 saturated carbocycles. The van der Waals surface area contributed by atoms with Crippen molar-refractivity contribution in [2.45, 2.75) is 46.1 Å². The molecule has 0 bridgehead atoms. The van der Waals surface area contributed by atoms with Gasteiger partial charge in [-0.2, -0.15) is 0 Å². The second kappa shape index (κ2) is 9.63. The number of ether oxygens (including phenoxy) is 1. The van der Waals surface area contributed by atoms with Crippen molar-refractivity contribution in [2.24, 2.45) is 10.9 Å². The third-order valence-corrected chi connectivity index (χ3v) is 8.34. The number of aliphatic imine (C=N–C) groups is 1. The monoisotopic (exact) mass is 502 g/mol. The minimum atomic E-state index is -0.279. The summed E-state index contributed by atoms with van der Waals surface area (Å²) in [4.78, 5) is 10.9. The Bertz CT molecular complexity index is 1400. The molecule has 2 aliphatic heterocycles. The lowest BCUT2D eigenvalue weighted by Crippen LogP contribution is -2.30. The topological polar surface area (TPSA) is 90.4 Å². The van der Waals surface area contributed by atoms with E-state index < -0.39 is 0 Å². The molecule has 3 aromatic heterocycles. The van der Waals surface area contributed by atoms with Crippen molar-refractivity contribution in [3.8, 4) is 10.8 Å². The molecule has 9 heteroatoms. The Morgan fingerprint density at radius 2 is 2.03 bits per heavy atom. The van der Waals surface area contributed by atoms with Gasteiger partial charge in [0.25, 0.3) is 0 Å². The van der Waals surface area contributed by atoms with Crippen LogP contribution in [0.25, 0.3) is 5.00 Å². The second-order valence-electron chi connectivity index (χ2n) is 9.56. The highest BCUT2D eigenvalue weighted by Crippen LogP contribution is 2.39. The van der Waals surface area contributed by atoms with Crippen LogP contribution in [0.4, 0.5) is 0 Å². The average Bonchev–Trinajstić information content (AvgIpc) is 3.59. The van der Waals surface area contributed by atoms with E-state index in [0.29, 0.717) is 18.2 Å². The number of oxazole rings is 1. The molecule has 0 radical (unpaired) electrons. The number of piperidine rings is 1. The highest BCUT2D eigenvalue weighted by Gasteiger charge is 2.32. The Balaban J connectivity index is 1.42. The number of rotatable bonds is 6. The van der Waals surface area contributed by atoms with E-state index in [4.69, 9.17) is 14.1 Å². The number of benzene rings is 1. The van der Waals surface area contributed by atoms with Crippen molar-refractivity contribution in [1.29, 1.82) is 0 Å². The number of nitrogens with zero attached hydrogens (tertiary/aromatic N) is 5. The van der Waals surface area contributed by atoms with Crippen molar-refractivity contribution in [3.05, 3.63) is 75.8 Å². The fourth-order valence-corrected chi connectivity index (χ4v) is 6.25. The van der Waals surface area contributed by atoms with Gasteiger partial charge >= 0.3 is 0 Å². The Hall–Kier alpha value is -3.30. The minimum Gasteiger partial charge on any atom is -0.493 e. The fourth-order valence-electron chi connectivity index (χ4n) is 5.04. The van der Waals surface area contributed by atoms with Gasteiger partial charge in [-0.3, -0.25) is 9.56 Å². The smallest absolute Gasteiger partial charge is 0.196 e. The van der Waals surface area contributed by atoms with Crippen LogP contribution in [0.1, 0.15) is 58.0 Å². The summed E-state index contributed by atoms with van der Waals surface area (Å²) < 4.78 is 14.0. The summed E-state index contributed by atoms with van der Waals surface area (Å²) >= 11 is 1.76. The molecule has 0 amide bonds. The molecule has 2 aliphatic rings. The van der Waals surface area contributed by atoms with Crippen molar-refractivity contribution in [2.75, 3.05) is 19.7 Å². The van der Waals surface area contributed by atoms with Crippen LogP contribution in [0, 0.1) is 26.7 Å². The molecule has 1 saturated heterocycles. The van der Waals surface area contributed by atoms with Crippen LogP contribution in [0.2, 0.25) is 0 Å². The fraction of sp³-hybridized carbons (Fsp3) is 0.407. The summed E-state index contributed by atoms with van der Waals surface area (Å²) in [6.07, 6.45) is 6.09. The molecule has 4 aromatic rings. The summed E-state index contributed by atoms with van der Waals surface area (Å²) in [6.45, 7) is 9.21. The largest absolute Gasteiger partial charge is 0.493 e. The van der Waals surface area contributed by atoms with Crippen LogP contribution in [0.3, 0.4) is 0 Å². The van der Waals surface area contributed by atoms with Crippen molar-refractivity contribution >= 4 is 17.0 Å². The van der Waals surface area contributed by atoms with Gasteiger partial charge in [-0.25, -0.2) is 4.98 Å². The number of fused-ring (bicyclic) bond motifs is 3. The number of aromatic nitrogens is 4. The molecule has 5 heterocycles. The second-order valence-corrected chi connectivity index (χ2v) is 10.8. The molecule has 36 heavy (non-hydrogen) atoms. The molecular formula is C27H30N6O2S. The zero-order valence-corrected chi connectivity index (χ0v) is 21.6. The van der Waals surface area contributed by atoms with Gasteiger partial charge in [0, 0.05) is 16.0 Å². The lowest BCUT2D eigenvalue weighted by molar-refractivity contribution is 0.215. The van der Waals surface area contributed by atoms with E-state index in [1.165, 1.54) is 10.4 Å². The molecule has 6 rings (SSSR count). The molecular weight excluding hydrogens is 472 g/mol. The lowest BCUT2D eigenvalue weighted by atomic mass is 9.98. The molecule has 1 N–H and O–H groups in total. The van der Waals surface area contributed by atoms with E-state index in [0.717, 1.165) is 71.8 Å². The molecule has 0 aliphatic carbocycles. The van der Waals surface area contributed by atoms with Gasteiger partial charge in [0.2, 0.25) is 0 Å². The summed E-state index contributed by atoms with van der Waals surface area (Å²) in [6, 6.07) is 8.06. The first kappa shape index (κ1) is 23.1. The normalized spacial score (nSPS) is 17.9. The molecule has 0 spiro atoms. The molecule has 1 aromatic carbocycles. The van der Waals surface area contributed by atoms with E-state index in [1.54, 1.807) is 23.8 Å². The van der Waals surface area contributed by atoms with Crippen LogP contribution in [-0.2, 0) is 6.42 Å². The number of aryl methyl sites for hydroxylation is 2. The SMILES string of the molecule is Cc1sc2c(c1C)C(c1cccc(OCC3CCNCC3)c1)=N[C@@H](Cc1ncco1)c1nnc(C)n1-2. The van der Waals surface area contributed by atoms with E-state index in [2.05, 4.69) is 57.1 Å². The Morgan fingerprint density at radius 1 is 1.17 bits per heavy atom. The molecule has 8 nitrogen and oxygen atoms in total. The zero-order valence-electron chi connectivity index (χ0n) is 20.8. The lowest BCUT2D eigenvalue weighted by Gasteiger charge is -2.22. The van der Waals surface area contributed by atoms with Gasteiger partial charge in [-0.05, 0) is 70.3 Å². The van der Waals surface area contributed by atoms with Crippen LogP contribution in [0.15, 0.2) is 46.1 Å². The predicted molar refractivity (Wildman–Crippen MR) is 140 cm³/mol. The van der Waals surface area contributed by atoms with Crippen molar-refractivity contribution < 1.29 is 9.15 Å². The molecule has 0 unspecified atom stereocenters. The Labute approximate surface area is 214 Å². The highest BCUT2D eigenvalue weighted by molar-refractivity contribution is 7.15. The first-order valence-electron chi connectivity index (χ1n) is 12.5. The third-order valence-electron chi connectivity index (χ3n) is 7.14. The van der Waals surface area contributed by atoms with Crippen LogP contribution >= 0.6 is 11.3 Å². The van der Waals surface area contributed by atoms with E-state index >= 15 is 0 Å². The summed E-state index contributed by atoms with van der Waals surface area (Å²) in [5, 5.41) is 13.5. The molecule has 186 valence electrons. The van der Waals surface area contributed by atoms with E-state index in [1.807, 2.05) is 13.0 Å². The average molecular weight is 503 g/mol. The maximum atomic E-state index is 6.28. The van der Waals surface area contributed by atoms with Gasteiger partial charge < -0.3 is 14.5 Å². The van der Waals surface area contributed by atoms with Gasteiger partial charge in [-0.15, -0.1) is 21.5 Å². The quantitative estimate of drug-likeness (QED) is 0.409. The summed E-state index contributed by atoms with van der Waals surface area (Å²) in [5.74, 6) is 3.76. The first-order chi connectivity index (χ1) is 17.6. The van der Waals surface area contributed by atoms with Gasteiger partial charge in [-0.1, -0.05) is 12.1 Å². The van der Waals surface area contributed by atoms with Crippen LogP contribution in [0.5, 0.6) is 5.75 Å². The predicted octanol–water partition coefficient (Wildman–Crippen LogP) is 4.76. The summed E-state index contributed by atoms with van der Waals surface area (Å²) in [5.41, 5.74) is 4.34. The third kappa shape index (κ3) is 4.26. The molecule has 1 atom stereocenters. The molecule has 1 fully saturated rings. The van der Waals surface area contributed by atoms with E-state index in [-0.39, 0.29) is 6.04 Å². The van der Waals surface area contributed by atoms with Crippen molar-refractivity contribution in [3.63, 3.8) is 0 Å². The van der Waals surface area contributed by atoms with Gasteiger partial charge in [0.05, 0.1) is 24.9 Å². The number of hydrogen-bond donors (Lipinski definition) is 1. The number of hydrogen-bond acceptors (Lipinski definition) is 8. The van der Waals surface area contributed by atoms with Crippen LogP contribution in [-0.4, -0.2) is 45.2 Å². The highest BCUT2D eigenvalue weighted by atomic mass is 32.1. The Morgan fingerprint density at radius 3 is 2.83 bits per heavy atom.